The van der Waals surface area contributed by atoms with Crippen molar-refractivity contribution in [1.29, 1.82) is 0 Å². The zero-order chi connectivity index (χ0) is 17.2. The van der Waals surface area contributed by atoms with E-state index in [1.807, 2.05) is 41.3 Å². The SMILES string of the molecule is COc1ccc(C(=O)N2CCN(c3nc4ccccc4o3)CC2)cc1. The third-order valence-electron chi connectivity index (χ3n) is 4.46. The molecule has 0 N–H and O–H groups in total. The lowest BCUT2D eigenvalue weighted by molar-refractivity contribution is 0.0745. The van der Waals surface area contributed by atoms with E-state index in [0.29, 0.717) is 37.8 Å². The van der Waals surface area contributed by atoms with Crippen molar-refractivity contribution in [1.82, 2.24) is 9.88 Å². The first-order chi connectivity index (χ1) is 12.2. The lowest BCUT2D eigenvalue weighted by Gasteiger charge is -2.33. The van der Waals surface area contributed by atoms with E-state index in [1.165, 1.54) is 0 Å². The van der Waals surface area contributed by atoms with Gasteiger partial charge in [-0.1, -0.05) is 12.1 Å². The average Bonchev–Trinajstić information content (AvgIpc) is 3.12. The Bertz CT molecular complexity index is 847. The molecule has 128 valence electrons. The summed E-state index contributed by atoms with van der Waals surface area (Å²) in [6, 6.07) is 15.6. The van der Waals surface area contributed by atoms with Crippen molar-refractivity contribution in [3.05, 3.63) is 54.1 Å². The van der Waals surface area contributed by atoms with Crippen LogP contribution in [0.25, 0.3) is 11.1 Å². The number of hydrogen-bond acceptors (Lipinski definition) is 5. The number of aromatic nitrogens is 1. The summed E-state index contributed by atoms with van der Waals surface area (Å²) < 4.78 is 10.9. The van der Waals surface area contributed by atoms with E-state index in [1.54, 1.807) is 19.2 Å². The molecule has 6 nitrogen and oxygen atoms in total. The van der Waals surface area contributed by atoms with E-state index in [9.17, 15) is 4.79 Å². The molecule has 25 heavy (non-hydrogen) atoms. The zero-order valence-corrected chi connectivity index (χ0v) is 14.0. The minimum absolute atomic E-state index is 0.0415. The van der Waals surface area contributed by atoms with Crippen LogP contribution in [-0.4, -0.2) is 49.1 Å². The highest BCUT2D eigenvalue weighted by molar-refractivity contribution is 5.94. The van der Waals surface area contributed by atoms with E-state index in [2.05, 4.69) is 9.88 Å². The lowest BCUT2D eigenvalue weighted by Crippen LogP contribution is -2.48. The number of carbonyl (C=O) groups excluding carboxylic acids is 1. The molecule has 0 radical (unpaired) electrons. The molecule has 0 unspecified atom stereocenters. The fourth-order valence-electron chi connectivity index (χ4n) is 3.01. The number of amides is 1. The van der Waals surface area contributed by atoms with Gasteiger partial charge in [0, 0.05) is 31.7 Å². The quantitative estimate of drug-likeness (QED) is 0.735. The Morgan fingerprint density at radius 2 is 1.76 bits per heavy atom. The van der Waals surface area contributed by atoms with Crippen LogP contribution in [-0.2, 0) is 0 Å². The number of piperazine rings is 1. The first kappa shape index (κ1) is 15.5. The van der Waals surface area contributed by atoms with Crippen molar-refractivity contribution < 1.29 is 13.9 Å². The highest BCUT2D eigenvalue weighted by Gasteiger charge is 2.24. The zero-order valence-electron chi connectivity index (χ0n) is 14.0. The van der Waals surface area contributed by atoms with Gasteiger partial charge in [0.2, 0.25) is 0 Å². The Labute approximate surface area is 145 Å². The predicted octanol–water partition coefficient (Wildman–Crippen LogP) is 2.80. The Kier molecular flexibility index (Phi) is 4.01. The van der Waals surface area contributed by atoms with Gasteiger partial charge < -0.3 is 19.0 Å². The fourth-order valence-corrected chi connectivity index (χ4v) is 3.01. The van der Waals surface area contributed by atoms with Crippen molar-refractivity contribution in [2.24, 2.45) is 0 Å². The molecule has 0 aliphatic carbocycles. The Morgan fingerprint density at radius 1 is 1.04 bits per heavy atom. The summed E-state index contributed by atoms with van der Waals surface area (Å²) in [5.41, 5.74) is 2.32. The Balaban J connectivity index is 1.42. The monoisotopic (exact) mass is 337 g/mol. The maximum absolute atomic E-state index is 12.6. The Morgan fingerprint density at radius 3 is 2.44 bits per heavy atom. The van der Waals surface area contributed by atoms with Crippen LogP contribution in [0.4, 0.5) is 6.01 Å². The second kappa shape index (κ2) is 6.47. The number of ether oxygens (including phenoxy) is 1. The standard InChI is InChI=1S/C19H19N3O3/c1-24-15-8-6-14(7-9-15)18(23)21-10-12-22(13-11-21)19-20-16-4-2-3-5-17(16)25-19/h2-9H,10-13H2,1H3. The average molecular weight is 337 g/mol. The molecule has 1 saturated heterocycles. The maximum Gasteiger partial charge on any atom is 0.298 e. The summed E-state index contributed by atoms with van der Waals surface area (Å²) in [6.45, 7) is 2.69. The van der Waals surface area contributed by atoms with Crippen molar-refractivity contribution in [3.8, 4) is 5.75 Å². The van der Waals surface area contributed by atoms with Gasteiger partial charge in [-0.15, -0.1) is 0 Å². The summed E-state index contributed by atoms with van der Waals surface area (Å²) in [6.07, 6.45) is 0. The third kappa shape index (κ3) is 3.03. The molecule has 2 heterocycles. The van der Waals surface area contributed by atoms with E-state index >= 15 is 0 Å². The number of para-hydroxylation sites is 2. The topological polar surface area (TPSA) is 58.8 Å². The van der Waals surface area contributed by atoms with Gasteiger partial charge in [0.15, 0.2) is 5.58 Å². The molecule has 1 fully saturated rings. The molecular weight excluding hydrogens is 318 g/mol. The van der Waals surface area contributed by atoms with Crippen LogP contribution in [0.15, 0.2) is 52.9 Å². The van der Waals surface area contributed by atoms with Crippen LogP contribution in [0.2, 0.25) is 0 Å². The van der Waals surface area contributed by atoms with E-state index < -0.39 is 0 Å². The molecule has 0 spiro atoms. The van der Waals surface area contributed by atoms with Gasteiger partial charge >= 0.3 is 0 Å². The maximum atomic E-state index is 12.6. The number of anilines is 1. The summed E-state index contributed by atoms with van der Waals surface area (Å²) in [5.74, 6) is 0.789. The molecule has 0 saturated carbocycles. The van der Waals surface area contributed by atoms with Crippen LogP contribution in [0.5, 0.6) is 5.75 Å². The van der Waals surface area contributed by atoms with Crippen LogP contribution < -0.4 is 9.64 Å². The van der Waals surface area contributed by atoms with Gasteiger partial charge in [0.05, 0.1) is 7.11 Å². The molecule has 4 rings (SSSR count). The normalized spacial score (nSPS) is 14.8. The number of benzene rings is 2. The highest BCUT2D eigenvalue weighted by Crippen LogP contribution is 2.23. The van der Waals surface area contributed by atoms with Gasteiger partial charge in [0.25, 0.3) is 11.9 Å². The summed E-state index contributed by atoms with van der Waals surface area (Å²) in [4.78, 5) is 21.1. The molecule has 0 bridgehead atoms. The van der Waals surface area contributed by atoms with Crippen molar-refractivity contribution in [2.45, 2.75) is 0 Å². The van der Waals surface area contributed by atoms with Gasteiger partial charge in [-0.25, -0.2) is 0 Å². The number of oxazole rings is 1. The molecule has 1 aliphatic heterocycles. The lowest BCUT2D eigenvalue weighted by atomic mass is 10.1. The molecular formula is C19H19N3O3. The first-order valence-corrected chi connectivity index (χ1v) is 8.28. The number of hydrogen-bond donors (Lipinski definition) is 0. The molecule has 1 aromatic heterocycles. The van der Waals surface area contributed by atoms with E-state index in [-0.39, 0.29) is 5.91 Å². The summed E-state index contributed by atoms with van der Waals surface area (Å²) >= 11 is 0. The number of rotatable bonds is 3. The van der Waals surface area contributed by atoms with Gasteiger partial charge in [0.1, 0.15) is 11.3 Å². The second-order valence-electron chi connectivity index (χ2n) is 5.97. The smallest absolute Gasteiger partial charge is 0.298 e. The second-order valence-corrected chi connectivity index (χ2v) is 5.97. The van der Waals surface area contributed by atoms with Crippen LogP contribution in [0, 0.1) is 0 Å². The van der Waals surface area contributed by atoms with Crippen molar-refractivity contribution in [2.75, 3.05) is 38.2 Å². The molecule has 2 aromatic carbocycles. The molecule has 6 heteroatoms. The Hall–Kier alpha value is -3.02. The first-order valence-electron chi connectivity index (χ1n) is 8.28. The van der Waals surface area contributed by atoms with Crippen LogP contribution >= 0.6 is 0 Å². The van der Waals surface area contributed by atoms with Crippen LogP contribution in [0.3, 0.4) is 0 Å². The fraction of sp³-hybridized carbons (Fsp3) is 0.263. The minimum atomic E-state index is 0.0415. The van der Waals surface area contributed by atoms with Crippen LogP contribution in [0.1, 0.15) is 10.4 Å². The van der Waals surface area contributed by atoms with Gasteiger partial charge in [-0.2, -0.15) is 4.98 Å². The number of methoxy groups -OCH3 is 1. The third-order valence-corrected chi connectivity index (χ3v) is 4.46. The number of nitrogens with zero attached hydrogens (tertiary/aromatic N) is 3. The highest BCUT2D eigenvalue weighted by atomic mass is 16.5. The number of fused-ring (bicyclic) bond motifs is 1. The molecule has 3 aromatic rings. The molecule has 0 atom stereocenters. The predicted molar refractivity (Wildman–Crippen MR) is 95.1 cm³/mol. The van der Waals surface area contributed by atoms with Crippen molar-refractivity contribution >= 4 is 23.0 Å². The van der Waals surface area contributed by atoms with Gasteiger partial charge in [-0.3, -0.25) is 4.79 Å². The molecule has 1 aliphatic rings. The molecule has 1 amide bonds. The number of carbonyl (C=O) groups is 1. The van der Waals surface area contributed by atoms with E-state index in [4.69, 9.17) is 9.15 Å². The summed E-state index contributed by atoms with van der Waals surface area (Å²) in [5, 5.41) is 0. The summed E-state index contributed by atoms with van der Waals surface area (Å²) in [7, 11) is 1.61. The van der Waals surface area contributed by atoms with E-state index in [0.717, 1.165) is 16.8 Å². The van der Waals surface area contributed by atoms with Gasteiger partial charge in [-0.05, 0) is 36.4 Å². The largest absolute Gasteiger partial charge is 0.497 e. The minimum Gasteiger partial charge on any atom is -0.497 e. The van der Waals surface area contributed by atoms with Crippen molar-refractivity contribution in [3.63, 3.8) is 0 Å².